The van der Waals surface area contributed by atoms with Gasteiger partial charge >= 0.3 is 6.18 Å². The van der Waals surface area contributed by atoms with Crippen molar-refractivity contribution >= 4 is 5.78 Å². The number of carbonyl (C=O) groups excluding carboxylic acids is 1. The number of ketones is 1. The minimum Gasteiger partial charge on any atom is -0.483 e. The highest BCUT2D eigenvalue weighted by Gasteiger charge is 2.29. The molecule has 0 spiro atoms. The van der Waals surface area contributed by atoms with E-state index in [2.05, 4.69) is 0 Å². The number of nitrogens with zero attached hydrogens (tertiary/aromatic N) is 1. The molecule has 0 atom stereocenters. The number of alkyl halides is 3. The van der Waals surface area contributed by atoms with Crippen LogP contribution < -0.4 is 10.3 Å². The quantitative estimate of drug-likeness (QED) is 0.780. The van der Waals surface area contributed by atoms with Crippen molar-refractivity contribution < 1.29 is 22.7 Å². The number of aryl methyl sites for hydroxylation is 2. The number of benzene rings is 1. The molecule has 0 aliphatic carbocycles. The smallest absolute Gasteiger partial charge is 0.422 e. The van der Waals surface area contributed by atoms with Gasteiger partial charge < -0.3 is 9.30 Å². The fourth-order valence-electron chi connectivity index (χ4n) is 2.58. The lowest BCUT2D eigenvalue weighted by molar-refractivity contribution is -0.153. The largest absolute Gasteiger partial charge is 0.483 e. The third kappa shape index (κ3) is 4.97. The monoisotopic (exact) mass is 367 g/mol. The molecule has 26 heavy (non-hydrogen) atoms. The van der Waals surface area contributed by atoms with Crippen LogP contribution in [0, 0.1) is 6.92 Å². The summed E-state index contributed by atoms with van der Waals surface area (Å²) >= 11 is 0. The summed E-state index contributed by atoms with van der Waals surface area (Å²) in [6.45, 7) is 1.96. The molecule has 0 N–H and O–H groups in total. The molecule has 2 aromatic rings. The Kier molecular flexibility index (Phi) is 5.90. The van der Waals surface area contributed by atoms with Gasteiger partial charge in [0.1, 0.15) is 11.5 Å². The number of hydrogen-bond acceptors (Lipinski definition) is 3. The summed E-state index contributed by atoms with van der Waals surface area (Å²) < 4.78 is 43.9. The summed E-state index contributed by atoms with van der Waals surface area (Å²) in [5, 5.41) is 0. The first-order valence-electron chi connectivity index (χ1n) is 8.12. The first kappa shape index (κ1) is 19.8. The Hall–Kier alpha value is -2.57. The lowest BCUT2D eigenvalue weighted by Gasteiger charge is -2.15. The van der Waals surface area contributed by atoms with Crippen LogP contribution >= 0.6 is 0 Å². The zero-order valence-electron chi connectivity index (χ0n) is 14.8. The van der Waals surface area contributed by atoms with E-state index in [1.165, 1.54) is 16.8 Å². The molecular weight excluding hydrogens is 347 g/mol. The van der Waals surface area contributed by atoms with E-state index >= 15 is 0 Å². The lowest BCUT2D eigenvalue weighted by Crippen LogP contribution is -2.20. The molecule has 0 unspecified atom stereocenters. The van der Waals surface area contributed by atoms with Crippen LogP contribution in [0.2, 0.25) is 0 Å². The first-order valence-corrected chi connectivity index (χ1v) is 8.12. The molecule has 1 heterocycles. The van der Waals surface area contributed by atoms with Crippen molar-refractivity contribution in [1.29, 1.82) is 0 Å². The number of pyridine rings is 1. The maximum absolute atomic E-state index is 12.5. The summed E-state index contributed by atoms with van der Waals surface area (Å²) in [6, 6.07) is 6.25. The second kappa shape index (κ2) is 7.76. The van der Waals surface area contributed by atoms with E-state index in [9.17, 15) is 22.8 Å². The molecule has 0 aliphatic heterocycles. The van der Waals surface area contributed by atoms with Crippen molar-refractivity contribution in [1.82, 2.24) is 4.57 Å². The highest BCUT2D eigenvalue weighted by atomic mass is 19.4. The molecular formula is C19H20F3NO3. The van der Waals surface area contributed by atoms with Gasteiger partial charge in [-0.1, -0.05) is 13.0 Å². The third-order valence-corrected chi connectivity index (χ3v) is 3.90. The minimum atomic E-state index is -4.46. The van der Waals surface area contributed by atoms with Gasteiger partial charge in [0.05, 0.1) is 0 Å². The molecule has 0 saturated carbocycles. The van der Waals surface area contributed by atoms with E-state index < -0.39 is 12.8 Å². The Balaban J connectivity index is 2.52. The first-order chi connectivity index (χ1) is 12.1. The molecule has 7 heteroatoms. The highest BCUT2D eigenvalue weighted by Crippen LogP contribution is 2.32. The number of rotatable bonds is 6. The van der Waals surface area contributed by atoms with Crippen molar-refractivity contribution in [2.24, 2.45) is 7.05 Å². The van der Waals surface area contributed by atoms with Gasteiger partial charge in [-0.15, -0.1) is 0 Å². The Morgan fingerprint density at radius 3 is 2.50 bits per heavy atom. The number of halogens is 3. The van der Waals surface area contributed by atoms with Gasteiger partial charge in [0.15, 0.2) is 6.61 Å². The van der Waals surface area contributed by atoms with Crippen LogP contribution in [0.5, 0.6) is 5.75 Å². The molecule has 0 aliphatic rings. The topological polar surface area (TPSA) is 48.3 Å². The summed E-state index contributed by atoms with van der Waals surface area (Å²) in [5.74, 6) is 0.0737. The molecule has 0 saturated heterocycles. The van der Waals surface area contributed by atoms with E-state index in [1.54, 1.807) is 39.1 Å². The molecule has 4 nitrogen and oxygen atoms in total. The summed E-state index contributed by atoms with van der Waals surface area (Å²) in [7, 11) is 1.57. The third-order valence-electron chi connectivity index (χ3n) is 3.90. The van der Waals surface area contributed by atoms with Crippen LogP contribution in [0.15, 0.2) is 35.3 Å². The van der Waals surface area contributed by atoms with Crippen LogP contribution in [-0.4, -0.2) is 23.1 Å². The van der Waals surface area contributed by atoms with E-state index in [-0.39, 0.29) is 23.5 Å². The van der Waals surface area contributed by atoms with Crippen molar-refractivity contribution in [3.63, 3.8) is 0 Å². The molecule has 140 valence electrons. The lowest BCUT2D eigenvalue weighted by atomic mass is 9.99. The molecule has 0 bridgehead atoms. The summed E-state index contributed by atoms with van der Waals surface area (Å²) in [4.78, 5) is 23.6. The average Bonchev–Trinajstić information content (AvgIpc) is 2.57. The molecule has 0 fully saturated rings. The molecule has 1 aromatic carbocycles. The Bertz CT molecular complexity index is 843. The number of Topliss-reactive ketones (excluding diaryl/α,β-unsaturated/α-hetero) is 1. The predicted octanol–water partition coefficient (Wildman–Crippen LogP) is 3.82. The fraction of sp³-hybridized carbons (Fsp3) is 0.368. The van der Waals surface area contributed by atoms with Crippen molar-refractivity contribution in [2.75, 3.05) is 6.61 Å². The van der Waals surface area contributed by atoms with Gasteiger partial charge in [0, 0.05) is 42.8 Å². The van der Waals surface area contributed by atoms with E-state index in [4.69, 9.17) is 4.74 Å². The molecule has 2 rings (SSSR count). The van der Waals surface area contributed by atoms with Gasteiger partial charge in [0.2, 0.25) is 0 Å². The van der Waals surface area contributed by atoms with E-state index in [1.807, 2.05) is 0 Å². The number of carbonyl (C=O) groups is 1. The molecule has 0 radical (unpaired) electrons. The fourth-order valence-corrected chi connectivity index (χ4v) is 2.58. The Morgan fingerprint density at radius 1 is 1.23 bits per heavy atom. The molecule has 1 aromatic heterocycles. The van der Waals surface area contributed by atoms with Crippen LogP contribution in [0.1, 0.15) is 24.5 Å². The van der Waals surface area contributed by atoms with Gasteiger partial charge in [-0.3, -0.25) is 9.59 Å². The maximum Gasteiger partial charge on any atom is 0.422 e. The van der Waals surface area contributed by atoms with Crippen molar-refractivity contribution in [3.8, 4) is 16.9 Å². The Labute approximate surface area is 149 Å². The van der Waals surface area contributed by atoms with Crippen molar-refractivity contribution in [3.05, 3.63) is 51.9 Å². The number of aromatic nitrogens is 1. The second-order valence-corrected chi connectivity index (χ2v) is 6.13. The maximum atomic E-state index is 12.5. The van der Waals surface area contributed by atoms with Crippen molar-refractivity contribution in [2.45, 2.75) is 32.9 Å². The van der Waals surface area contributed by atoms with Crippen LogP contribution in [0.4, 0.5) is 13.2 Å². The van der Waals surface area contributed by atoms with Crippen LogP contribution in [0.25, 0.3) is 11.1 Å². The predicted molar refractivity (Wildman–Crippen MR) is 92.4 cm³/mol. The highest BCUT2D eigenvalue weighted by molar-refractivity contribution is 5.81. The zero-order valence-corrected chi connectivity index (χ0v) is 14.8. The second-order valence-electron chi connectivity index (χ2n) is 6.13. The average molecular weight is 367 g/mol. The number of hydrogen-bond donors (Lipinski definition) is 0. The van der Waals surface area contributed by atoms with Gasteiger partial charge in [-0.25, -0.2) is 0 Å². The summed E-state index contributed by atoms with van der Waals surface area (Å²) in [5.41, 5.74) is 1.91. The van der Waals surface area contributed by atoms with E-state index in [0.717, 1.165) is 0 Å². The normalized spacial score (nSPS) is 11.5. The molecule has 0 amide bonds. The van der Waals surface area contributed by atoms with Crippen LogP contribution in [-0.2, 0) is 18.3 Å². The van der Waals surface area contributed by atoms with E-state index in [0.29, 0.717) is 28.7 Å². The van der Waals surface area contributed by atoms with Gasteiger partial charge in [-0.05, 0) is 30.7 Å². The summed E-state index contributed by atoms with van der Waals surface area (Å²) in [6.07, 6.45) is -2.36. The standard InChI is InChI=1S/C19H20F3NO3/c1-4-15(24)8-13-5-6-17(26-11-19(20,21)22)16(9-13)14-7-12(2)18(25)23(3)10-14/h5-7,9-10H,4,8,11H2,1-3H3. The zero-order chi connectivity index (χ0) is 19.5. The van der Waals surface area contributed by atoms with Crippen LogP contribution in [0.3, 0.4) is 0 Å². The SMILES string of the molecule is CCC(=O)Cc1ccc(OCC(F)(F)F)c(-c2cc(C)c(=O)n(C)c2)c1. The number of ether oxygens (including phenoxy) is 1. The van der Waals surface area contributed by atoms with Gasteiger partial charge in [0.25, 0.3) is 5.56 Å². The minimum absolute atomic E-state index is 0.0246. The Morgan fingerprint density at radius 2 is 1.92 bits per heavy atom. The van der Waals surface area contributed by atoms with Gasteiger partial charge in [-0.2, -0.15) is 13.2 Å².